The zero-order valence-corrected chi connectivity index (χ0v) is 14.1. The Balaban J connectivity index is 0.000000486. The fourth-order valence-corrected chi connectivity index (χ4v) is 1.56. The fourth-order valence-electron chi connectivity index (χ4n) is 1.11. The maximum absolute atomic E-state index is 10.5. The largest absolute Gasteiger partial charge is 0.479 e. The summed E-state index contributed by atoms with van der Waals surface area (Å²) in [5, 5.41) is 17.8. The van der Waals surface area contributed by atoms with Crippen molar-refractivity contribution in [1.29, 1.82) is 0 Å². The van der Waals surface area contributed by atoms with Crippen LogP contribution in [0.2, 0.25) is 10.0 Å². The number of hydrogen-bond donors (Lipinski definition) is 2. The second kappa shape index (κ2) is 9.10. The SMILES string of the molecule is C[C@@H](Oc1ccc(Cl)cc1Cl)C(=O)O.C[N+](C)(C)CCO. The van der Waals surface area contributed by atoms with Crippen LogP contribution in [0.3, 0.4) is 0 Å². The molecule has 1 atom stereocenters. The van der Waals surface area contributed by atoms with E-state index in [4.69, 9.17) is 38.2 Å². The van der Waals surface area contributed by atoms with Crippen LogP contribution in [0.15, 0.2) is 18.2 Å². The van der Waals surface area contributed by atoms with Crippen LogP contribution < -0.4 is 4.74 Å². The number of carboxylic acid groups (broad SMARTS) is 1. The number of hydrogen-bond acceptors (Lipinski definition) is 3. The number of aliphatic carboxylic acids is 1. The van der Waals surface area contributed by atoms with Gasteiger partial charge in [0, 0.05) is 5.02 Å². The van der Waals surface area contributed by atoms with Gasteiger partial charge in [0.1, 0.15) is 12.3 Å². The number of nitrogens with zero attached hydrogens (tertiary/aromatic N) is 1. The molecule has 0 saturated heterocycles. The summed E-state index contributed by atoms with van der Waals surface area (Å²) in [6.45, 7) is 2.54. The Kier molecular flexibility index (Phi) is 8.66. The second-order valence-electron chi connectivity index (χ2n) is 5.41. The first kappa shape index (κ1) is 20.0. The van der Waals surface area contributed by atoms with Crippen molar-refractivity contribution in [3.63, 3.8) is 0 Å². The average Bonchev–Trinajstić information content (AvgIpc) is 2.31. The lowest BCUT2D eigenvalue weighted by Crippen LogP contribution is -2.36. The number of halogens is 2. The van der Waals surface area contributed by atoms with E-state index in [2.05, 4.69) is 21.1 Å². The van der Waals surface area contributed by atoms with E-state index in [0.29, 0.717) is 15.8 Å². The van der Waals surface area contributed by atoms with Gasteiger partial charge in [-0.15, -0.1) is 0 Å². The highest BCUT2D eigenvalue weighted by atomic mass is 35.5. The smallest absolute Gasteiger partial charge is 0.344 e. The minimum absolute atomic E-state index is 0.281. The molecule has 0 fully saturated rings. The average molecular weight is 339 g/mol. The van der Waals surface area contributed by atoms with Crippen LogP contribution in [0.25, 0.3) is 0 Å². The standard InChI is InChI=1S/C9H8Cl2O3.C5H14NO/c1-5(9(12)13)14-8-3-2-6(10)4-7(8)11;1-6(2,3)4-5-7/h2-5H,1H3,(H,12,13);7H,4-5H2,1-3H3/q;+1/t5-;/m1./s1. The molecule has 1 rings (SSSR count). The number of carbonyl (C=O) groups is 1. The maximum Gasteiger partial charge on any atom is 0.344 e. The van der Waals surface area contributed by atoms with Gasteiger partial charge in [-0.05, 0) is 25.1 Å². The Morgan fingerprint density at radius 3 is 2.24 bits per heavy atom. The van der Waals surface area contributed by atoms with Gasteiger partial charge < -0.3 is 19.4 Å². The molecular weight excluding hydrogens is 317 g/mol. The summed E-state index contributed by atoms with van der Waals surface area (Å²) in [7, 11) is 6.16. The topological polar surface area (TPSA) is 66.8 Å². The molecule has 21 heavy (non-hydrogen) atoms. The van der Waals surface area contributed by atoms with E-state index in [0.717, 1.165) is 11.0 Å². The molecule has 1 aromatic carbocycles. The number of aliphatic hydroxyl groups is 1. The van der Waals surface area contributed by atoms with Crippen LogP contribution in [0.1, 0.15) is 6.92 Å². The quantitative estimate of drug-likeness (QED) is 0.809. The van der Waals surface area contributed by atoms with Crippen LogP contribution in [-0.4, -0.2) is 61.1 Å². The molecule has 0 heterocycles. The van der Waals surface area contributed by atoms with Crippen LogP contribution >= 0.6 is 23.2 Å². The molecule has 5 nitrogen and oxygen atoms in total. The van der Waals surface area contributed by atoms with Gasteiger partial charge in [0.25, 0.3) is 0 Å². The van der Waals surface area contributed by atoms with Crippen molar-refractivity contribution in [2.24, 2.45) is 0 Å². The lowest BCUT2D eigenvalue weighted by Gasteiger charge is -2.21. The van der Waals surface area contributed by atoms with E-state index in [9.17, 15) is 4.79 Å². The van der Waals surface area contributed by atoms with E-state index in [1.54, 1.807) is 6.07 Å². The predicted octanol–water partition coefficient (Wildman–Crippen LogP) is 2.53. The highest BCUT2D eigenvalue weighted by molar-refractivity contribution is 6.35. The first-order valence-corrected chi connectivity index (χ1v) is 7.08. The zero-order valence-electron chi connectivity index (χ0n) is 12.6. The molecule has 2 N–H and O–H groups in total. The van der Waals surface area contributed by atoms with Crippen LogP contribution in [-0.2, 0) is 4.79 Å². The number of aliphatic hydroxyl groups excluding tert-OH is 1. The number of quaternary nitrogens is 1. The van der Waals surface area contributed by atoms with Crippen molar-refractivity contribution < 1.29 is 24.2 Å². The van der Waals surface area contributed by atoms with Gasteiger partial charge in [0.15, 0.2) is 6.10 Å². The third-order valence-electron chi connectivity index (χ3n) is 2.32. The van der Waals surface area contributed by atoms with Gasteiger partial charge in [0.05, 0.1) is 32.8 Å². The zero-order chi connectivity index (χ0) is 16.6. The lowest BCUT2D eigenvalue weighted by atomic mass is 10.3. The molecule has 0 radical (unpaired) electrons. The predicted molar refractivity (Wildman–Crippen MR) is 84.2 cm³/mol. The Morgan fingerprint density at radius 2 is 1.90 bits per heavy atom. The van der Waals surface area contributed by atoms with E-state index in [-0.39, 0.29) is 6.61 Å². The summed E-state index contributed by atoms with van der Waals surface area (Å²) in [5.74, 6) is -0.734. The summed E-state index contributed by atoms with van der Waals surface area (Å²) in [6.07, 6.45) is -0.936. The Hall–Kier alpha value is -1.01. The third-order valence-corrected chi connectivity index (χ3v) is 2.85. The van der Waals surface area contributed by atoms with Crippen LogP contribution in [0.5, 0.6) is 5.75 Å². The van der Waals surface area contributed by atoms with E-state index in [1.807, 2.05) is 0 Å². The molecule has 0 saturated carbocycles. The summed E-state index contributed by atoms with van der Waals surface area (Å²) in [4.78, 5) is 10.5. The molecule has 0 spiro atoms. The van der Waals surface area contributed by atoms with Gasteiger partial charge in [0.2, 0.25) is 0 Å². The molecule has 0 unspecified atom stereocenters. The van der Waals surface area contributed by atoms with Crippen molar-refractivity contribution in [2.75, 3.05) is 34.3 Å². The van der Waals surface area contributed by atoms with Gasteiger partial charge in [-0.2, -0.15) is 0 Å². The van der Waals surface area contributed by atoms with E-state index in [1.165, 1.54) is 19.1 Å². The molecule has 0 aliphatic rings. The monoisotopic (exact) mass is 338 g/mol. The molecular formula is C14H22Cl2NO4+. The van der Waals surface area contributed by atoms with Gasteiger partial charge >= 0.3 is 5.97 Å². The number of likely N-dealkylation sites (N-methyl/N-ethyl adjacent to an activating group) is 1. The summed E-state index contributed by atoms with van der Waals surface area (Å²) >= 11 is 11.4. The van der Waals surface area contributed by atoms with Crippen molar-refractivity contribution in [2.45, 2.75) is 13.0 Å². The van der Waals surface area contributed by atoms with Crippen LogP contribution in [0.4, 0.5) is 0 Å². The van der Waals surface area contributed by atoms with E-state index < -0.39 is 12.1 Å². The molecule has 0 aliphatic heterocycles. The number of carboxylic acids is 1. The summed E-state index contributed by atoms with van der Waals surface area (Å²) in [6, 6.07) is 4.61. The molecule has 0 aliphatic carbocycles. The molecule has 1 aromatic rings. The second-order valence-corrected chi connectivity index (χ2v) is 6.25. The Morgan fingerprint density at radius 1 is 1.33 bits per heavy atom. The number of benzene rings is 1. The first-order chi connectivity index (χ1) is 9.56. The van der Waals surface area contributed by atoms with Gasteiger partial charge in [-0.1, -0.05) is 23.2 Å². The first-order valence-electron chi connectivity index (χ1n) is 6.32. The van der Waals surface area contributed by atoms with Crippen molar-refractivity contribution >= 4 is 29.2 Å². The molecule has 0 aromatic heterocycles. The number of rotatable bonds is 5. The number of ether oxygens (including phenoxy) is 1. The highest BCUT2D eigenvalue weighted by Gasteiger charge is 2.14. The molecule has 120 valence electrons. The molecule has 0 amide bonds. The molecule has 0 bridgehead atoms. The fraction of sp³-hybridized carbons (Fsp3) is 0.500. The summed E-state index contributed by atoms with van der Waals surface area (Å²) in [5.41, 5.74) is 0. The highest BCUT2D eigenvalue weighted by Crippen LogP contribution is 2.28. The van der Waals surface area contributed by atoms with Crippen molar-refractivity contribution in [1.82, 2.24) is 0 Å². The van der Waals surface area contributed by atoms with Gasteiger partial charge in [-0.3, -0.25) is 0 Å². The minimum Gasteiger partial charge on any atom is -0.479 e. The Labute approximate surface area is 135 Å². The van der Waals surface area contributed by atoms with Crippen molar-refractivity contribution in [3.8, 4) is 5.75 Å². The van der Waals surface area contributed by atoms with E-state index >= 15 is 0 Å². The summed E-state index contributed by atoms with van der Waals surface area (Å²) < 4.78 is 5.92. The Bertz CT molecular complexity index is 461. The molecule has 7 heteroatoms. The minimum atomic E-state index is -1.05. The van der Waals surface area contributed by atoms with Crippen molar-refractivity contribution in [3.05, 3.63) is 28.2 Å². The van der Waals surface area contributed by atoms with Gasteiger partial charge in [-0.25, -0.2) is 4.79 Å². The normalized spacial score (nSPS) is 12.1. The third kappa shape index (κ3) is 9.52. The lowest BCUT2D eigenvalue weighted by molar-refractivity contribution is -0.870. The van der Waals surface area contributed by atoms with Crippen LogP contribution in [0, 0.1) is 0 Å². The maximum atomic E-state index is 10.5.